The molecule has 1 amide bonds. The monoisotopic (exact) mass is 323 g/mol. The summed E-state index contributed by atoms with van der Waals surface area (Å²) in [6.45, 7) is 4.93. The van der Waals surface area contributed by atoms with E-state index in [1.54, 1.807) is 6.20 Å². The van der Waals surface area contributed by atoms with Crippen LogP contribution in [-0.4, -0.2) is 34.9 Å². The zero-order chi connectivity index (χ0) is 16.8. The number of hydrogen-bond donors (Lipinski definition) is 1. The number of carbonyl (C=O) groups excluding carboxylic acids is 1. The van der Waals surface area contributed by atoms with Gasteiger partial charge in [-0.05, 0) is 42.5 Å². The standard InChI is InChI=1S/C20H25N3O/c1-16(23-12-10-18-6-2-3-7-19(18)15-23)13-22-20(24)9-8-17-5-4-11-21-14-17/h2-7,11,14,16H,8-10,12-13,15H2,1H3,(H,22,24). The molecule has 0 spiro atoms. The molecule has 0 radical (unpaired) electrons. The third kappa shape index (κ3) is 4.42. The molecule has 0 bridgehead atoms. The molecule has 1 aromatic heterocycles. The van der Waals surface area contributed by atoms with Crippen molar-refractivity contribution in [2.75, 3.05) is 13.1 Å². The maximum absolute atomic E-state index is 12.1. The molecule has 4 nitrogen and oxygen atoms in total. The molecule has 24 heavy (non-hydrogen) atoms. The number of hydrogen-bond acceptors (Lipinski definition) is 3. The highest BCUT2D eigenvalue weighted by Gasteiger charge is 2.20. The summed E-state index contributed by atoms with van der Waals surface area (Å²) in [6, 6.07) is 12.9. The Balaban J connectivity index is 1.42. The molecular weight excluding hydrogens is 298 g/mol. The summed E-state index contributed by atoms with van der Waals surface area (Å²) < 4.78 is 0. The lowest BCUT2D eigenvalue weighted by molar-refractivity contribution is -0.121. The quantitative estimate of drug-likeness (QED) is 0.889. The van der Waals surface area contributed by atoms with Gasteiger partial charge in [0.15, 0.2) is 0 Å². The van der Waals surface area contributed by atoms with Gasteiger partial charge in [0, 0.05) is 44.5 Å². The van der Waals surface area contributed by atoms with Crippen LogP contribution in [0.4, 0.5) is 0 Å². The fourth-order valence-electron chi connectivity index (χ4n) is 3.18. The number of nitrogens with one attached hydrogen (secondary N) is 1. The van der Waals surface area contributed by atoms with Gasteiger partial charge >= 0.3 is 0 Å². The minimum absolute atomic E-state index is 0.114. The second-order valence-corrected chi connectivity index (χ2v) is 6.50. The largest absolute Gasteiger partial charge is 0.355 e. The van der Waals surface area contributed by atoms with Crippen molar-refractivity contribution < 1.29 is 4.79 Å². The predicted octanol–water partition coefficient (Wildman–Crippen LogP) is 2.58. The van der Waals surface area contributed by atoms with E-state index in [0.29, 0.717) is 19.0 Å². The number of aromatic nitrogens is 1. The van der Waals surface area contributed by atoms with Crippen molar-refractivity contribution in [3.63, 3.8) is 0 Å². The lowest BCUT2D eigenvalue weighted by Gasteiger charge is -2.33. The zero-order valence-corrected chi connectivity index (χ0v) is 14.2. The van der Waals surface area contributed by atoms with Crippen LogP contribution in [0.2, 0.25) is 0 Å². The Morgan fingerprint density at radius 1 is 1.25 bits per heavy atom. The first-order chi connectivity index (χ1) is 11.7. The molecule has 1 aliphatic rings. The van der Waals surface area contributed by atoms with Crippen molar-refractivity contribution in [2.45, 2.75) is 38.8 Å². The summed E-state index contributed by atoms with van der Waals surface area (Å²) in [5.74, 6) is 0.114. The first-order valence-corrected chi connectivity index (χ1v) is 8.69. The van der Waals surface area contributed by atoms with E-state index in [1.165, 1.54) is 11.1 Å². The molecule has 2 heterocycles. The predicted molar refractivity (Wildman–Crippen MR) is 95.6 cm³/mol. The molecule has 1 aliphatic heterocycles. The van der Waals surface area contributed by atoms with Crippen LogP contribution >= 0.6 is 0 Å². The second-order valence-electron chi connectivity index (χ2n) is 6.50. The van der Waals surface area contributed by atoms with Crippen molar-refractivity contribution in [1.82, 2.24) is 15.2 Å². The minimum Gasteiger partial charge on any atom is -0.355 e. The highest BCUT2D eigenvalue weighted by molar-refractivity contribution is 5.76. The van der Waals surface area contributed by atoms with Crippen LogP contribution in [0, 0.1) is 0 Å². The van der Waals surface area contributed by atoms with Crippen LogP contribution in [-0.2, 0) is 24.2 Å². The van der Waals surface area contributed by atoms with Crippen molar-refractivity contribution in [2.24, 2.45) is 0 Å². The Morgan fingerprint density at radius 2 is 2.08 bits per heavy atom. The average molecular weight is 323 g/mol. The number of aryl methyl sites for hydroxylation is 1. The molecule has 2 aromatic rings. The summed E-state index contributed by atoms with van der Waals surface area (Å²) in [6.07, 6.45) is 5.92. The topological polar surface area (TPSA) is 45.2 Å². The SMILES string of the molecule is CC(CNC(=O)CCc1cccnc1)N1CCc2ccccc2C1. The number of rotatable bonds is 6. The summed E-state index contributed by atoms with van der Waals surface area (Å²) >= 11 is 0. The first-order valence-electron chi connectivity index (χ1n) is 8.69. The molecule has 4 heteroatoms. The van der Waals surface area contributed by atoms with Gasteiger partial charge in [-0.15, -0.1) is 0 Å². The highest BCUT2D eigenvalue weighted by atomic mass is 16.1. The van der Waals surface area contributed by atoms with Crippen LogP contribution in [0.3, 0.4) is 0 Å². The van der Waals surface area contributed by atoms with Crippen molar-refractivity contribution in [3.05, 3.63) is 65.5 Å². The van der Waals surface area contributed by atoms with Crippen molar-refractivity contribution >= 4 is 5.91 Å². The van der Waals surface area contributed by atoms with Gasteiger partial charge in [-0.1, -0.05) is 30.3 Å². The summed E-state index contributed by atoms with van der Waals surface area (Å²) in [5.41, 5.74) is 3.98. The summed E-state index contributed by atoms with van der Waals surface area (Å²) in [7, 11) is 0. The maximum Gasteiger partial charge on any atom is 0.220 e. The highest BCUT2D eigenvalue weighted by Crippen LogP contribution is 2.19. The summed E-state index contributed by atoms with van der Waals surface area (Å²) in [5, 5.41) is 3.07. The summed E-state index contributed by atoms with van der Waals surface area (Å²) in [4.78, 5) is 18.6. The Bertz CT molecular complexity index is 672. The number of amides is 1. The third-order valence-electron chi connectivity index (χ3n) is 4.74. The molecule has 3 rings (SSSR count). The molecule has 0 saturated carbocycles. The number of benzene rings is 1. The van der Waals surface area contributed by atoms with E-state index in [0.717, 1.165) is 31.5 Å². The van der Waals surface area contributed by atoms with E-state index in [-0.39, 0.29) is 5.91 Å². The lowest BCUT2D eigenvalue weighted by atomic mass is 9.99. The normalized spacial score (nSPS) is 15.5. The van der Waals surface area contributed by atoms with Gasteiger partial charge < -0.3 is 5.32 Å². The molecule has 0 aliphatic carbocycles. The Morgan fingerprint density at radius 3 is 2.88 bits per heavy atom. The average Bonchev–Trinajstić information content (AvgIpc) is 2.65. The molecule has 0 saturated heterocycles. The number of pyridine rings is 1. The Kier molecular flexibility index (Phi) is 5.59. The number of nitrogens with zero attached hydrogens (tertiary/aromatic N) is 2. The van der Waals surface area contributed by atoms with Gasteiger partial charge in [-0.3, -0.25) is 14.7 Å². The maximum atomic E-state index is 12.1. The van der Waals surface area contributed by atoms with E-state index in [4.69, 9.17) is 0 Å². The number of fused-ring (bicyclic) bond motifs is 1. The van der Waals surface area contributed by atoms with E-state index in [1.807, 2.05) is 18.3 Å². The van der Waals surface area contributed by atoms with Gasteiger partial charge in [0.2, 0.25) is 5.91 Å². The van der Waals surface area contributed by atoms with E-state index >= 15 is 0 Å². The third-order valence-corrected chi connectivity index (χ3v) is 4.74. The smallest absolute Gasteiger partial charge is 0.220 e. The van der Waals surface area contributed by atoms with Gasteiger partial charge in [0.05, 0.1) is 0 Å². The van der Waals surface area contributed by atoms with Crippen molar-refractivity contribution in [1.29, 1.82) is 0 Å². The van der Waals surface area contributed by atoms with Crippen LogP contribution in [0.1, 0.15) is 30.0 Å². The van der Waals surface area contributed by atoms with Gasteiger partial charge in [0.1, 0.15) is 0 Å². The van der Waals surface area contributed by atoms with E-state index in [2.05, 4.69) is 46.4 Å². The molecule has 1 atom stereocenters. The van der Waals surface area contributed by atoms with Crippen LogP contribution in [0.25, 0.3) is 0 Å². The zero-order valence-electron chi connectivity index (χ0n) is 14.2. The van der Waals surface area contributed by atoms with E-state index in [9.17, 15) is 4.79 Å². The lowest BCUT2D eigenvalue weighted by Crippen LogP contribution is -2.44. The minimum atomic E-state index is 0.114. The van der Waals surface area contributed by atoms with Crippen LogP contribution in [0.5, 0.6) is 0 Å². The first kappa shape index (κ1) is 16.7. The molecule has 1 aromatic carbocycles. The second kappa shape index (κ2) is 8.06. The Hall–Kier alpha value is -2.20. The van der Waals surface area contributed by atoms with Crippen molar-refractivity contribution in [3.8, 4) is 0 Å². The molecule has 0 fully saturated rings. The van der Waals surface area contributed by atoms with Gasteiger partial charge in [-0.25, -0.2) is 0 Å². The van der Waals surface area contributed by atoms with Crippen LogP contribution in [0.15, 0.2) is 48.8 Å². The molecule has 1 N–H and O–H groups in total. The number of carbonyl (C=O) groups is 1. The molecular formula is C20H25N3O. The van der Waals surface area contributed by atoms with Crippen LogP contribution < -0.4 is 5.32 Å². The molecule has 1 unspecified atom stereocenters. The van der Waals surface area contributed by atoms with Gasteiger partial charge in [-0.2, -0.15) is 0 Å². The fraction of sp³-hybridized carbons (Fsp3) is 0.400. The Labute approximate surface area is 143 Å². The van der Waals surface area contributed by atoms with E-state index < -0.39 is 0 Å². The van der Waals surface area contributed by atoms with Gasteiger partial charge in [0.25, 0.3) is 0 Å². The molecule has 126 valence electrons. The fourth-order valence-corrected chi connectivity index (χ4v) is 3.18.